The van der Waals surface area contributed by atoms with Gasteiger partial charge >= 0.3 is 0 Å². The Balaban J connectivity index is 1.78. The molecule has 0 radical (unpaired) electrons. The second-order valence-electron chi connectivity index (χ2n) is 6.15. The summed E-state index contributed by atoms with van der Waals surface area (Å²) in [5.41, 5.74) is 3.67. The molecule has 22 heavy (non-hydrogen) atoms. The Morgan fingerprint density at radius 1 is 1.23 bits per heavy atom. The van der Waals surface area contributed by atoms with Gasteiger partial charge in [-0.15, -0.1) is 0 Å². The highest BCUT2D eigenvalue weighted by molar-refractivity contribution is 5.93. The highest BCUT2D eigenvalue weighted by atomic mass is 16.3. The van der Waals surface area contributed by atoms with E-state index in [1.807, 2.05) is 32.0 Å². The fourth-order valence-electron chi connectivity index (χ4n) is 3.02. The Morgan fingerprint density at radius 3 is 2.68 bits per heavy atom. The average Bonchev–Trinajstić information content (AvgIpc) is 2.96. The lowest BCUT2D eigenvalue weighted by Crippen LogP contribution is -2.24. The number of aromatic nitrogens is 1. The van der Waals surface area contributed by atoms with Crippen molar-refractivity contribution in [3.05, 3.63) is 35.7 Å². The van der Waals surface area contributed by atoms with Gasteiger partial charge in [-0.25, -0.2) is 4.98 Å². The molecule has 0 bridgehead atoms. The number of nitrogens with zero attached hydrogens (tertiary/aromatic N) is 1. The number of hydrogen-bond acceptors (Lipinski definition) is 3. The fourth-order valence-corrected chi connectivity index (χ4v) is 3.02. The topological polar surface area (TPSA) is 55.1 Å². The van der Waals surface area contributed by atoms with Gasteiger partial charge in [-0.3, -0.25) is 4.79 Å². The van der Waals surface area contributed by atoms with Gasteiger partial charge in [-0.05, 0) is 44.4 Å². The van der Waals surface area contributed by atoms with Crippen molar-refractivity contribution in [3.63, 3.8) is 0 Å². The molecular weight excluding hydrogens is 276 g/mol. The summed E-state index contributed by atoms with van der Waals surface area (Å²) in [6, 6.07) is 5.88. The zero-order valence-corrected chi connectivity index (χ0v) is 13.2. The molecule has 1 aromatic heterocycles. The van der Waals surface area contributed by atoms with Gasteiger partial charge in [0.05, 0.1) is 5.69 Å². The summed E-state index contributed by atoms with van der Waals surface area (Å²) in [6.45, 7) is 3.92. The standard InChI is InChI=1S/C18H22N2O2/c1-12-8-9-15(10-16(12)18-19-13(2)11-22-18)20-17(21)14-6-4-3-5-7-14/h8-11,14H,3-7H2,1-2H3,(H,20,21). The molecule has 1 aliphatic rings. The van der Waals surface area contributed by atoms with Gasteiger partial charge in [0.15, 0.2) is 0 Å². The van der Waals surface area contributed by atoms with Crippen LogP contribution in [0.15, 0.2) is 28.9 Å². The van der Waals surface area contributed by atoms with Gasteiger partial charge in [-0.1, -0.05) is 25.3 Å². The summed E-state index contributed by atoms with van der Waals surface area (Å²) in [7, 11) is 0. The Kier molecular flexibility index (Phi) is 4.27. The summed E-state index contributed by atoms with van der Waals surface area (Å²) >= 11 is 0. The van der Waals surface area contributed by atoms with E-state index in [-0.39, 0.29) is 11.8 Å². The highest BCUT2D eigenvalue weighted by Crippen LogP contribution is 2.28. The molecule has 4 heteroatoms. The number of rotatable bonds is 3. The second kappa shape index (κ2) is 6.34. The average molecular weight is 298 g/mol. The summed E-state index contributed by atoms with van der Waals surface area (Å²) in [6.07, 6.45) is 7.22. The first kappa shape index (κ1) is 14.8. The van der Waals surface area contributed by atoms with Crippen LogP contribution in [0.4, 0.5) is 5.69 Å². The van der Waals surface area contributed by atoms with Crippen molar-refractivity contribution in [1.29, 1.82) is 0 Å². The quantitative estimate of drug-likeness (QED) is 0.909. The maximum Gasteiger partial charge on any atom is 0.227 e. The molecule has 1 aliphatic carbocycles. The van der Waals surface area contributed by atoms with Crippen LogP contribution in [0.25, 0.3) is 11.5 Å². The van der Waals surface area contributed by atoms with Crippen molar-refractivity contribution >= 4 is 11.6 Å². The third-order valence-electron chi connectivity index (χ3n) is 4.33. The lowest BCUT2D eigenvalue weighted by Gasteiger charge is -2.21. The molecule has 4 nitrogen and oxygen atoms in total. The molecule has 0 atom stereocenters. The third-order valence-corrected chi connectivity index (χ3v) is 4.33. The monoisotopic (exact) mass is 298 g/mol. The molecule has 0 unspecified atom stereocenters. The number of anilines is 1. The van der Waals surface area contributed by atoms with Crippen LogP contribution in [0.5, 0.6) is 0 Å². The lowest BCUT2D eigenvalue weighted by molar-refractivity contribution is -0.120. The Morgan fingerprint density at radius 2 is 2.00 bits per heavy atom. The molecule has 1 saturated carbocycles. The number of carbonyl (C=O) groups excluding carboxylic acids is 1. The predicted molar refractivity (Wildman–Crippen MR) is 86.6 cm³/mol. The molecule has 2 aromatic rings. The van der Waals surface area contributed by atoms with Crippen LogP contribution < -0.4 is 5.32 Å². The molecule has 0 spiro atoms. The molecule has 0 saturated heterocycles. The van der Waals surface area contributed by atoms with Crippen molar-refractivity contribution < 1.29 is 9.21 Å². The Bertz CT molecular complexity index is 669. The molecule has 1 amide bonds. The van der Waals surface area contributed by atoms with Crippen LogP contribution in [-0.2, 0) is 4.79 Å². The minimum Gasteiger partial charge on any atom is -0.444 e. The summed E-state index contributed by atoms with van der Waals surface area (Å²) in [5, 5.41) is 3.05. The first-order chi connectivity index (χ1) is 10.6. The van der Waals surface area contributed by atoms with Crippen LogP contribution in [0, 0.1) is 19.8 Å². The molecule has 1 heterocycles. The van der Waals surface area contributed by atoms with Gasteiger partial charge in [0.1, 0.15) is 6.26 Å². The van der Waals surface area contributed by atoms with Crippen LogP contribution in [0.2, 0.25) is 0 Å². The van der Waals surface area contributed by atoms with E-state index in [0.29, 0.717) is 5.89 Å². The molecule has 1 fully saturated rings. The first-order valence-electron chi connectivity index (χ1n) is 7.97. The van der Waals surface area contributed by atoms with E-state index in [1.54, 1.807) is 6.26 Å². The number of carbonyl (C=O) groups is 1. The van der Waals surface area contributed by atoms with E-state index in [2.05, 4.69) is 10.3 Å². The van der Waals surface area contributed by atoms with Crippen molar-refractivity contribution in [1.82, 2.24) is 4.98 Å². The van der Waals surface area contributed by atoms with E-state index in [1.165, 1.54) is 6.42 Å². The van der Waals surface area contributed by atoms with Crippen molar-refractivity contribution in [3.8, 4) is 11.5 Å². The molecular formula is C18H22N2O2. The SMILES string of the molecule is Cc1coc(-c2cc(NC(=O)C3CCCCC3)ccc2C)n1. The summed E-state index contributed by atoms with van der Waals surface area (Å²) < 4.78 is 5.48. The Labute approximate surface area is 130 Å². The molecule has 1 N–H and O–H groups in total. The number of amides is 1. The number of aryl methyl sites for hydroxylation is 2. The van der Waals surface area contributed by atoms with Gasteiger partial charge in [-0.2, -0.15) is 0 Å². The highest BCUT2D eigenvalue weighted by Gasteiger charge is 2.21. The van der Waals surface area contributed by atoms with E-state index in [0.717, 1.165) is 48.2 Å². The van der Waals surface area contributed by atoms with Gasteiger partial charge in [0.25, 0.3) is 0 Å². The van der Waals surface area contributed by atoms with E-state index in [9.17, 15) is 4.79 Å². The largest absolute Gasteiger partial charge is 0.444 e. The fraction of sp³-hybridized carbons (Fsp3) is 0.444. The van der Waals surface area contributed by atoms with E-state index in [4.69, 9.17) is 4.42 Å². The second-order valence-corrected chi connectivity index (χ2v) is 6.15. The van der Waals surface area contributed by atoms with Gasteiger partial charge in [0.2, 0.25) is 11.8 Å². The van der Waals surface area contributed by atoms with Crippen molar-refractivity contribution in [2.24, 2.45) is 5.92 Å². The van der Waals surface area contributed by atoms with Gasteiger partial charge < -0.3 is 9.73 Å². The normalized spacial score (nSPS) is 15.7. The summed E-state index contributed by atoms with van der Waals surface area (Å²) in [5.74, 6) is 0.893. The number of benzene rings is 1. The van der Waals surface area contributed by atoms with E-state index < -0.39 is 0 Å². The maximum absolute atomic E-state index is 12.4. The predicted octanol–water partition coefficient (Wildman–Crippen LogP) is 4.48. The van der Waals surface area contributed by atoms with Crippen LogP contribution in [0.1, 0.15) is 43.4 Å². The van der Waals surface area contributed by atoms with Crippen molar-refractivity contribution in [2.45, 2.75) is 46.0 Å². The van der Waals surface area contributed by atoms with Gasteiger partial charge in [0, 0.05) is 17.2 Å². The molecule has 0 aliphatic heterocycles. The lowest BCUT2D eigenvalue weighted by atomic mass is 9.88. The van der Waals surface area contributed by atoms with Crippen LogP contribution in [-0.4, -0.2) is 10.9 Å². The zero-order valence-electron chi connectivity index (χ0n) is 13.2. The minimum absolute atomic E-state index is 0.137. The number of oxazole rings is 1. The van der Waals surface area contributed by atoms with Crippen LogP contribution in [0.3, 0.4) is 0 Å². The number of hydrogen-bond donors (Lipinski definition) is 1. The first-order valence-corrected chi connectivity index (χ1v) is 7.97. The minimum atomic E-state index is 0.137. The maximum atomic E-state index is 12.4. The van der Waals surface area contributed by atoms with Crippen molar-refractivity contribution in [2.75, 3.05) is 5.32 Å². The van der Waals surface area contributed by atoms with E-state index >= 15 is 0 Å². The molecule has 1 aromatic carbocycles. The molecule has 3 rings (SSSR count). The number of nitrogens with one attached hydrogen (secondary N) is 1. The van der Waals surface area contributed by atoms with Crippen LogP contribution >= 0.6 is 0 Å². The Hall–Kier alpha value is -2.10. The third kappa shape index (κ3) is 3.21. The molecule has 116 valence electrons. The smallest absolute Gasteiger partial charge is 0.227 e. The zero-order chi connectivity index (χ0) is 15.5. The summed E-state index contributed by atoms with van der Waals surface area (Å²) in [4.78, 5) is 16.7.